The number of carbonyl (C=O) groups is 1. The lowest BCUT2D eigenvalue weighted by Crippen LogP contribution is -2.14. The van der Waals surface area contributed by atoms with Crippen LogP contribution in [0.3, 0.4) is 0 Å². The van der Waals surface area contributed by atoms with Gasteiger partial charge in [0.05, 0.1) is 12.2 Å². The largest absolute Gasteiger partial charge is 0.504 e. The van der Waals surface area contributed by atoms with Gasteiger partial charge in [-0.1, -0.05) is 33.1 Å². The summed E-state index contributed by atoms with van der Waals surface area (Å²) in [5.74, 6) is -0.640. The van der Waals surface area contributed by atoms with Crippen LogP contribution in [0, 0.1) is 5.92 Å². The minimum atomic E-state index is -0.467. The van der Waals surface area contributed by atoms with E-state index in [0.717, 1.165) is 25.7 Å². The van der Waals surface area contributed by atoms with Crippen molar-refractivity contribution in [3.05, 3.63) is 23.8 Å². The maximum atomic E-state index is 11.8. The average molecular weight is 266 g/mol. The van der Waals surface area contributed by atoms with Gasteiger partial charge in [0.25, 0.3) is 0 Å². The maximum Gasteiger partial charge on any atom is 0.338 e. The number of rotatable bonds is 7. The quantitative estimate of drug-likeness (QED) is 0.585. The number of esters is 1. The van der Waals surface area contributed by atoms with E-state index >= 15 is 0 Å². The molecule has 0 spiro atoms. The Bertz CT molecular complexity index is 415. The molecular weight excluding hydrogens is 244 g/mol. The third-order valence-electron chi connectivity index (χ3n) is 3.20. The Labute approximate surface area is 114 Å². The van der Waals surface area contributed by atoms with Crippen LogP contribution in [0.15, 0.2) is 18.2 Å². The molecule has 1 rings (SSSR count). The summed E-state index contributed by atoms with van der Waals surface area (Å²) in [6.07, 6.45) is 4.31. The van der Waals surface area contributed by atoms with Crippen LogP contribution in [-0.4, -0.2) is 22.8 Å². The fraction of sp³-hybridized carbons (Fsp3) is 0.533. The molecule has 4 nitrogen and oxygen atoms in total. The molecule has 0 bridgehead atoms. The number of hydrogen-bond acceptors (Lipinski definition) is 4. The highest BCUT2D eigenvalue weighted by molar-refractivity contribution is 5.90. The first-order chi connectivity index (χ1) is 9.08. The Balaban J connectivity index is 2.52. The summed E-state index contributed by atoms with van der Waals surface area (Å²) in [5, 5.41) is 18.5. The summed E-state index contributed by atoms with van der Waals surface area (Å²) >= 11 is 0. The van der Waals surface area contributed by atoms with E-state index in [4.69, 9.17) is 4.74 Å². The lowest BCUT2D eigenvalue weighted by molar-refractivity contribution is 0.0427. The van der Waals surface area contributed by atoms with E-state index < -0.39 is 5.97 Å². The molecule has 1 atom stereocenters. The molecule has 0 saturated carbocycles. The average Bonchev–Trinajstić information content (AvgIpc) is 2.41. The van der Waals surface area contributed by atoms with Gasteiger partial charge in [0.1, 0.15) is 0 Å². The van der Waals surface area contributed by atoms with Crippen molar-refractivity contribution < 1.29 is 19.7 Å². The van der Waals surface area contributed by atoms with Crippen LogP contribution in [0.4, 0.5) is 0 Å². The van der Waals surface area contributed by atoms with Gasteiger partial charge in [-0.25, -0.2) is 4.79 Å². The molecule has 19 heavy (non-hydrogen) atoms. The fourth-order valence-electron chi connectivity index (χ4n) is 1.83. The van der Waals surface area contributed by atoms with Gasteiger partial charge in [0, 0.05) is 0 Å². The standard InChI is InChI=1S/C15H22O4/c1-3-5-6-11(4-2)10-19-15(18)12-7-8-13(16)14(17)9-12/h7-9,11,16-17H,3-6,10H2,1-2H3. The molecule has 0 radical (unpaired) electrons. The zero-order valence-corrected chi connectivity index (χ0v) is 11.6. The van der Waals surface area contributed by atoms with Crippen LogP contribution in [0.25, 0.3) is 0 Å². The SMILES string of the molecule is CCCCC(CC)COC(=O)c1ccc(O)c(O)c1. The highest BCUT2D eigenvalue weighted by atomic mass is 16.5. The van der Waals surface area contributed by atoms with E-state index in [1.807, 2.05) is 0 Å². The van der Waals surface area contributed by atoms with E-state index in [2.05, 4.69) is 13.8 Å². The number of benzene rings is 1. The number of phenols is 2. The third-order valence-corrected chi connectivity index (χ3v) is 3.20. The second-order valence-electron chi connectivity index (χ2n) is 4.72. The van der Waals surface area contributed by atoms with Gasteiger partial charge < -0.3 is 14.9 Å². The zero-order valence-electron chi connectivity index (χ0n) is 11.6. The van der Waals surface area contributed by atoms with Crippen molar-refractivity contribution in [2.45, 2.75) is 39.5 Å². The molecule has 4 heteroatoms. The first-order valence-corrected chi connectivity index (χ1v) is 6.77. The molecular formula is C15H22O4. The molecule has 2 N–H and O–H groups in total. The first-order valence-electron chi connectivity index (χ1n) is 6.77. The molecule has 0 aliphatic carbocycles. The highest BCUT2D eigenvalue weighted by Gasteiger charge is 2.13. The molecule has 0 saturated heterocycles. The molecule has 0 amide bonds. The second-order valence-corrected chi connectivity index (χ2v) is 4.72. The number of carbonyl (C=O) groups excluding carboxylic acids is 1. The zero-order chi connectivity index (χ0) is 14.3. The predicted octanol–water partition coefficient (Wildman–Crippen LogP) is 3.47. The molecule has 0 heterocycles. The van der Waals surface area contributed by atoms with Gasteiger partial charge in [-0.05, 0) is 30.5 Å². The van der Waals surface area contributed by atoms with Gasteiger partial charge in [-0.2, -0.15) is 0 Å². The van der Waals surface area contributed by atoms with Crippen molar-refractivity contribution >= 4 is 5.97 Å². The van der Waals surface area contributed by atoms with Crippen LogP contribution in [0.5, 0.6) is 11.5 Å². The maximum absolute atomic E-state index is 11.8. The predicted molar refractivity (Wildman–Crippen MR) is 73.4 cm³/mol. The van der Waals surface area contributed by atoms with Gasteiger partial charge in [0.2, 0.25) is 0 Å². The first kappa shape index (κ1) is 15.3. The van der Waals surface area contributed by atoms with Crippen molar-refractivity contribution in [2.24, 2.45) is 5.92 Å². The lowest BCUT2D eigenvalue weighted by Gasteiger charge is -2.14. The molecule has 1 aromatic rings. The van der Waals surface area contributed by atoms with E-state index in [9.17, 15) is 15.0 Å². The monoisotopic (exact) mass is 266 g/mol. The van der Waals surface area contributed by atoms with Gasteiger partial charge in [0.15, 0.2) is 11.5 Å². The second kappa shape index (κ2) is 7.67. The Morgan fingerprint density at radius 2 is 2.00 bits per heavy atom. The summed E-state index contributed by atoms with van der Waals surface area (Å²) in [6, 6.07) is 3.93. The van der Waals surface area contributed by atoms with Crippen LogP contribution < -0.4 is 0 Å². The van der Waals surface area contributed by atoms with E-state index in [1.54, 1.807) is 0 Å². The lowest BCUT2D eigenvalue weighted by atomic mass is 10.0. The highest BCUT2D eigenvalue weighted by Crippen LogP contribution is 2.25. The molecule has 0 aromatic heterocycles. The van der Waals surface area contributed by atoms with E-state index in [1.165, 1.54) is 18.2 Å². The topological polar surface area (TPSA) is 66.8 Å². The van der Waals surface area contributed by atoms with Crippen LogP contribution in [0.1, 0.15) is 49.9 Å². The van der Waals surface area contributed by atoms with Crippen LogP contribution in [-0.2, 0) is 4.74 Å². The van der Waals surface area contributed by atoms with Crippen LogP contribution in [0.2, 0.25) is 0 Å². The van der Waals surface area contributed by atoms with Crippen molar-refractivity contribution in [1.29, 1.82) is 0 Å². The van der Waals surface area contributed by atoms with Crippen molar-refractivity contribution in [3.8, 4) is 11.5 Å². The molecule has 1 aromatic carbocycles. The molecule has 106 valence electrons. The molecule has 0 aliphatic rings. The summed E-state index contributed by atoms with van der Waals surface area (Å²) in [5.41, 5.74) is 0.251. The molecule has 0 aliphatic heterocycles. The van der Waals surface area contributed by atoms with E-state index in [0.29, 0.717) is 12.5 Å². The van der Waals surface area contributed by atoms with Gasteiger partial charge >= 0.3 is 5.97 Å². The van der Waals surface area contributed by atoms with Crippen LogP contribution >= 0.6 is 0 Å². The number of unbranched alkanes of at least 4 members (excludes halogenated alkanes) is 1. The Morgan fingerprint density at radius 3 is 2.58 bits per heavy atom. The minimum absolute atomic E-state index is 0.245. The number of hydrogen-bond donors (Lipinski definition) is 2. The number of ether oxygens (including phenoxy) is 1. The Morgan fingerprint density at radius 1 is 1.26 bits per heavy atom. The third kappa shape index (κ3) is 4.81. The van der Waals surface area contributed by atoms with Crippen molar-refractivity contribution in [3.63, 3.8) is 0 Å². The fourth-order valence-corrected chi connectivity index (χ4v) is 1.83. The minimum Gasteiger partial charge on any atom is -0.504 e. The molecule has 0 fully saturated rings. The van der Waals surface area contributed by atoms with E-state index in [-0.39, 0.29) is 17.1 Å². The Hall–Kier alpha value is -1.71. The smallest absolute Gasteiger partial charge is 0.338 e. The normalized spacial score (nSPS) is 12.1. The summed E-state index contributed by atoms with van der Waals surface area (Å²) < 4.78 is 5.24. The van der Waals surface area contributed by atoms with Crippen molar-refractivity contribution in [1.82, 2.24) is 0 Å². The number of aromatic hydroxyl groups is 2. The van der Waals surface area contributed by atoms with Gasteiger partial charge in [-0.15, -0.1) is 0 Å². The summed E-state index contributed by atoms with van der Waals surface area (Å²) in [7, 11) is 0. The van der Waals surface area contributed by atoms with Crippen molar-refractivity contribution in [2.75, 3.05) is 6.61 Å². The number of phenolic OH excluding ortho intramolecular Hbond substituents is 2. The van der Waals surface area contributed by atoms with Gasteiger partial charge in [-0.3, -0.25) is 0 Å². The summed E-state index contributed by atoms with van der Waals surface area (Å²) in [4.78, 5) is 11.8. The Kier molecular flexibility index (Phi) is 6.19. The molecule has 1 unspecified atom stereocenters. The summed E-state index contributed by atoms with van der Waals surface area (Å²) in [6.45, 7) is 4.62.